The molecule has 124 valence electrons. The molecule has 0 radical (unpaired) electrons. The fourth-order valence-electron chi connectivity index (χ4n) is 2.07. The van der Waals surface area contributed by atoms with Crippen LogP contribution in [0.2, 0.25) is 0 Å². The van der Waals surface area contributed by atoms with Crippen LogP contribution >= 0.6 is 0 Å². The molecule has 0 spiro atoms. The van der Waals surface area contributed by atoms with Gasteiger partial charge in [0, 0.05) is 13.6 Å². The highest BCUT2D eigenvalue weighted by molar-refractivity contribution is 7.89. The Morgan fingerprint density at radius 3 is 2.14 bits per heavy atom. The van der Waals surface area contributed by atoms with Gasteiger partial charge >= 0.3 is 5.97 Å². The average molecular weight is 327 g/mol. The average Bonchev–Trinajstić information content (AvgIpc) is 2.45. The van der Waals surface area contributed by atoms with Gasteiger partial charge in [-0.3, -0.25) is 4.79 Å². The predicted molar refractivity (Wildman–Crippen MR) is 86.1 cm³/mol. The normalized spacial score (nSPS) is 14.0. The van der Waals surface area contributed by atoms with Crippen molar-refractivity contribution in [2.24, 2.45) is 5.92 Å². The Hall–Kier alpha value is -1.40. The molecule has 0 saturated heterocycles. The van der Waals surface area contributed by atoms with Crippen LogP contribution in [0.1, 0.15) is 33.3 Å². The lowest BCUT2D eigenvalue weighted by molar-refractivity contribution is -0.144. The fraction of sp³-hybridized carbons (Fsp3) is 0.562. The number of carbonyl (C=O) groups is 1. The first-order valence-electron chi connectivity index (χ1n) is 7.15. The zero-order chi connectivity index (χ0) is 17.1. The molecule has 0 aliphatic carbocycles. The van der Waals surface area contributed by atoms with Crippen LogP contribution in [0.5, 0.6) is 0 Å². The van der Waals surface area contributed by atoms with E-state index in [0.717, 1.165) is 5.56 Å². The number of nitrogens with zero attached hydrogens (tertiary/aromatic N) is 1. The van der Waals surface area contributed by atoms with Crippen LogP contribution in [0.15, 0.2) is 29.2 Å². The Bertz CT molecular complexity index is 615. The predicted octanol–water partition coefficient (Wildman–Crippen LogP) is 2.41. The van der Waals surface area contributed by atoms with Gasteiger partial charge in [-0.1, -0.05) is 39.8 Å². The maximum absolute atomic E-state index is 12.5. The summed E-state index contributed by atoms with van der Waals surface area (Å²) in [6, 6.07) is 6.86. The summed E-state index contributed by atoms with van der Waals surface area (Å²) in [5, 5.41) is 0. The summed E-state index contributed by atoms with van der Waals surface area (Å²) in [4.78, 5) is 11.6. The highest BCUT2D eigenvalue weighted by Crippen LogP contribution is 2.24. The number of hydrogen-bond acceptors (Lipinski definition) is 4. The van der Waals surface area contributed by atoms with E-state index < -0.39 is 21.9 Å². The molecule has 1 atom stereocenters. The molecule has 0 saturated carbocycles. The molecule has 0 bridgehead atoms. The first kappa shape index (κ1) is 18.6. The molecule has 0 aliphatic rings. The first-order chi connectivity index (χ1) is 10.00. The van der Waals surface area contributed by atoms with E-state index in [0.29, 0.717) is 0 Å². The fourth-order valence-corrected chi connectivity index (χ4v) is 3.33. The monoisotopic (exact) mass is 327 g/mol. The van der Waals surface area contributed by atoms with Crippen molar-refractivity contribution in [3.8, 4) is 0 Å². The first-order valence-corrected chi connectivity index (χ1v) is 8.59. The van der Waals surface area contributed by atoms with E-state index in [-0.39, 0.29) is 16.9 Å². The lowest BCUT2D eigenvalue weighted by atomic mass is 9.87. The minimum absolute atomic E-state index is 0.0341. The molecule has 6 heteroatoms. The van der Waals surface area contributed by atoms with Crippen LogP contribution in [0.4, 0.5) is 0 Å². The van der Waals surface area contributed by atoms with Gasteiger partial charge in [0.1, 0.15) is 0 Å². The largest absolute Gasteiger partial charge is 0.469 e. The van der Waals surface area contributed by atoms with Crippen LogP contribution in [0.25, 0.3) is 0 Å². The maximum atomic E-state index is 12.5. The van der Waals surface area contributed by atoms with Crippen molar-refractivity contribution >= 4 is 16.0 Å². The van der Waals surface area contributed by atoms with E-state index in [1.165, 1.54) is 18.5 Å². The van der Waals surface area contributed by atoms with E-state index in [1.54, 1.807) is 19.1 Å². The summed E-state index contributed by atoms with van der Waals surface area (Å²) in [5.74, 6) is -0.941. The number of benzene rings is 1. The number of sulfonamides is 1. The number of methoxy groups -OCH3 is 1. The minimum Gasteiger partial charge on any atom is -0.469 e. The summed E-state index contributed by atoms with van der Waals surface area (Å²) < 4.78 is 30.8. The third kappa shape index (κ3) is 4.30. The Morgan fingerprint density at radius 2 is 1.73 bits per heavy atom. The van der Waals surface area contributed by atoms with Gasteiger partial charge in [-0.05, 0) is 23.1 Å². The number of ether oxygens (including phenoxy) is 1. The molecule has 0 N–H and O–H groups in total. The molecule has 1 aromatic rings. The molecular formula is C16H25NO4S. The van der Waals surface area contributed by atoms with Crippen molar-refractivity contribution in [1.82, 2.24) is 4.31 Å². The van der Waals surface area contributed by atoms with Crippen molar-refractivity contribution in [2.45, 2.75) is 38.0 Å². The van der Waals surface area contributed by atoms with E-state index in [1.807, 2.05) is 12.1 Å². The van der Waals surface area contributed by atoms with E-state index in [2.05, 4.69) is 25.5 Å². The molecule has 0 amide bonds. The Morgan fingerprint density at radius 1 is 1.23 bits per heavy atom. The SMILES string of the molecule is COC(=O)C(C)CN(C)S(=O)(=O)c1ccc(C(C)(C)C)cc1. The molecule has 0 aromatic heterocycles. The van der Waals surface area contributed by atoms with Gasteiger partial charge in [0.05, 0.1) is 17.9 Å². The topological polar surface area (TPSA) is 63.7 Å². The maximum Gasteiger partial charge on any atom is 0.309 e. The summed E-state index contributed by atoms with van der Waals surface area (Å²) in [7, 11) is -0.858. The lowest BCUT2D eigenvalue weighted by Gasteiger charge is -2.22. The van der Waals surface area contributed by atoms with Gasteiger partial charge in [-0.25, -0.2) is 12.7 Å². The van der Waals surface area contributed by atoms with Gasteiger partial charge in [0.2, 0.25) is 10.0 Å². The second-order valence-electron chi connectivity index (χ2n) is 6.48. The second kappa shape index (κ2) is 6.79. The van der Waals surface area contributed by atoms with Crippen LogP contribution < -0.4 is 0 Å². The summed E-state index contributed by atoms with van der Waals surface area (Å²) in [6.45, 7) is 7.93. The Balaban J connectivity index is 2.96. The standard InChI is InChI=1S/C16H25NO4S/c1-12(15(18)21-6)11-17(5)22(19,20)14-9-7-13(8-10-14)16(2,3)4/h7-10,12H,11H2,1-6H3. The molecule has 1 rings (SSSR count). The molecule has 5 nitrogen and oxygen atoms in total. The number of rotatable bonds is 5. The smallest absolute Gasteiger partial charge is 0.309 e. The van der Waals surface area contributed by atoms with Gasteiger partial charge < -0.3 is 4.74 Å². The van der Waals surface area contributed by atoms with Crippen molar-refractivity contribution in [1.29, 1.82) is 0 Å². The molecule has 0 aliphatic heterocycles. The van der Waals surface area contributed by atoms with Crippen molar-refractivity contribution in [2.75, 3.05) is 20.7 Å². The third-order valence-electron chi connectivity index (χ3n) is 3.56. The van der Waals surface area contributed by atoms with Crippen molar-refractivity contribution in [3.05, 3.63) is 29.8 Å². The zero-order valence-corrected chi connectivity index (χ0v) is 14.9. The van der Waals surface area contributed by atoms with Crippen molar-refractivity contribution < 1.29 is 17.9 Å². The summed E-state index contributed by atoms with van der Waals surface area (Å²) in [6.07, 6.45) is 0. The van der Waals surface area contributed by atoms with Crippen molar-refractivity contribution in [3.63, 3.8) is 0 Å². The van der Waals surface area contributed by atoms with Crippen LogP contribution in [0.3, 0.4) is 0 Å². The highest BCUT2D eigenvalue weighted by Gasteiger charge is 2.25. The number of carbonyl (C=O) groups excluding carboxylic acids is 1. The van der Waals surface area contributed by atoms with E-state index in [4.69, 9.17) is 0 Å². The molecule has 1 aromatic carbocycles. The number of hydrogen-bond donors (Lipinski definition) is 0. The minimum atomic E-state index is -3.61. The summed E-state index contributed by atoms with van der Waals surface area (Å²) in [5.41, 5.74) is 1.03. The van der Waals surface area contributed by atoms with E-state index in [9.17, 15) is 13.2 Å². The van der Waals surface area contributed by atoms with Gasteiger partial charge in [-0.15, -0.1) is 0 Å². The molecule has 1 unspecified atom stereocenters. The number of esters is 1. The molecule has 0 fully saturated rings. The molecular weight excluding hydrogens is 302 g/mol. The van der Waals surface area contributed by atoms with Gasteiger partial charge in [-0.2, -0.15) is 0 Å². The Labute approximate surface area is 133 Å². The molecule has 0 heterocycles. The summed E-state index contributed by atoms with van der Waals surface area (Å²) >= 11 is 0. The third-order valence-corrected chi connectivity index (χ3v) is 5.40. The highest BCUT2D eigenvalue weighted by atomic mass is 32.2. The van der Waals surface area contributed by atoms with Gasteiger partial charge in [0.25, 0.3) is 0 Å². The second-order valence-corrected chi connectivity index (χ2v) is 8.53. The Kier molecular flexibility index (Phi) is 5.76. The van der Waals surface area contributed by atoms with E-state index >= 15 is 0 Å². The van der Waals surface area contributed by atoms with Crippen LogP contribution in [-0.4, -0.2) is 39.4 Å². The quantitative estimate of drug-likeness (QED) is 0.779. The van der Waals surface area contributed by atoms with Crippen LogP contribution in [0, 0.1) is 5.92 Å². The van der Waals surface area contributed by atoms with Crippen LogP contribution in [-0.2, 0) is 25.0 Å². The molecule has 22 heavy (non-hydrogen) atoms. The lowest BCUT2D eigenvalue weighted by Crippen LogP contribution is -2.34. The van der Waals surface area contributed by atoms with Gasteiger partial charge in [0.15, 0.2) is 0 Å². The zero-order valence-electron chi connectivity index (χ0n) is 14.1.